The summed E-state index contributed by atoms with van der Waals surface area (Å²) in [5.41, 5.74) is -0.427. The molecule has 0 spiro atoms. The third-order valence-corrected chi connectivity index (χ3v) is 5.37. The maximum Gasteiger partial charge on any atom is 0.408 e. The van der Waals surface area contributed by atoms with Crippen LogP contribution in [0.1, 0.15) is 27.2 Å². The number of hydrogen-bond donors (Lipinski definition) is 0. The highest BCUT2D eigenvalue weighted by atomic mass is 19.4. The van der Waals surface area contributed by atoms with Crippen LogP contribution in [-0.4, -0.2) is 60.3 Å². The first-order valence-corrected chi connectivity index (χ1v) is 9.53. The molecule has 0 amide bonds. The van der Waals surface area contributed by atoms with E-state index in [4.69, 9.17) is 4.74 Å². The summed E-state index contributed by atoms with van der Waals surface area (Å²) in [6.07, 6.45) is -6.32. The zero-order chi connectivity index (χ0) is 20.6. The maximum atomic E-state index is 14.4. The third kappa shape index (κ3) is 4.11. The fourth-order valence-electron chi connectivity index (χ4n) is 3.62. The molecule has 1 aromatic heterocycles. The van der Waals surface area contributed by atoms with Crippen molar-refractivity contribution in [2.45, 2.75) is 58.2 Å². The molecule has 28 heavy (non-hydrogen) atoms. The van der Waals surface area contributed by atoms with Gasteiger partial charge >= 0.3 is 6.18 Å². The highest BCUT2D eigenvalue weighted by Gasteiger charge is 2.47. The quantitative estimate of drug-likeness (QED) is 0.720. The molecule has 0 radical (unpaired) electrons. The Balaban J connectivity index is 2.05. The molecule has 10 heteroatoms. The molecule has 0 bridgehead atoms. The van der Waals surface area contributed by atoms with Gasteiger partial charge in [0.1, 0.15) is 18.0 Å². The predicted molar refractivity (Wildman–Crippen MR) is 97.7 cm³/mol. The minimum absolute atomic E-state index is 0.0660. The lowest BCUT2D eigenvalue weighted by atomic mass is 10.0. The molecule has 2 aliphatic rings. The van der Waals surface area contributed by atoms with E-state index in [0.29, 0.717) is 25.6 Å². The Morgan fingerprint density at radius 1 is 1.32 bits per heavy atom. The lowest BCUT2D eigenvalue weighted by Crippen LogP contribution is -2.55. The van der Waals surface area contributed by atoms with Crippen LogP contribution in [0.5, 0.6) is 0 Å². The van der Waals surface area contributed by atoms with Crippen LogP contribution >= 0.6 is 0 Å². The van der Waals surface area contributed by atoms with Crippen molar-refractivity contribution in [1.29, 1.82) is 0 Å². The second-order valence-electron chi connectivity index (χ2n) is 7.78. The molecule has 6 nitrogen and oxygen atoms in total. The van der Waals surface area contributed by atoms with Crippen molar-refractivity contribution in [1.82, 2.24) is 9.55 Å². The fraction of sp³-hybridized carbons (Fsp3) is 0.778. The van der Waals surface area contributed by atoms with Crippen molar-refractivity contribution in [2.24, 2.45) is 5.92 Å². The van der Waals surface area contributed by atoms with Crippen molar-refractivity contribution in [2.75, 3.05) is 36.1 Å². The second-order valence-corrected chi connectivity index (χ2v) is 7.78. The Morgan fingerprint density at radius 3 is 2.64 bits per heavy atom. The predicted octanol–water partition coefficient (Wildman–Crippen LogP) is 2.60. The zero-order valence-corrected chi connectivity index (χ0v) is 16.2. The molecule has 158 valence electrons. The lowest BCUT2D eigenvalue weighted by molar-refractivity contribution is -0.153. The smallest absolute Gasteiger partial charge is 0.377 e. The van der Waals surface area contributed by atoms with E-state index < -0.39 is 36.4 Å². The van der Waals surface area contributed by atoms with E-state index in [1.807, 2.05) is 11.8 Å². The van der Waals surface area contributed by atoms with Gasteiger partial charge in [-0.2, -0.15) is 18.2 Å². The number of aromatic nitrogens is 2. The van der Waals surface area contributed by atoms with Gasteiger partial charge in [0.05, 0.1) is 25.8 Å². The zero-order valence-electron chi connectivity index (χ0n) is 16.2. The number of nitrogens with zero attached hydrogens (tertiary/aromatic N) is 4. The van der Waals surface area contributed by atoms with Crippen LogP contribution in [0.3, 0.4) is 0 Å². The number of ether oxygens (including phenoxy) is 1. The summed E-state index contributed by atoms with van der Waals surface area (Å²) in [7, 11) is 0. The summed E-state index contributed by atoms with van der Waals surface area (Å²) >= 11 is 0. The SMILES string of the molecule is CC(C)C(F)CN1c2nc(N3CCOC[C@H]3C)cc(=O)n2CCC1C(F)(F)F. The number of halogens is 4. The summed E-state index contributed by atoms with van der Waals surface area (Å²) < 4.78 is 62.0. The number of morpholine rings is 1. The van der Waals surface area contributed by atoms with Gasteiger partial charge in [-0.15, -0.1) is 0 Å². The van der Waals surface area contributed by atoms with Crippen LogP contribution in [-0.2, 0) is 11.3 Å². The van der Waals surface area contributed by atoms with E-state index >= 15 is 0 Å². The molecule has 2 aliphatic heterocycles. The topological polar surface area (TPSA) is 50.6 Å². The van der Waals surface area contributed by atoms with Crippen molar-refractivity contribution in [3.63, 3.8) is 0 Å². The molecule has 0 aromatic carbocycles. The molecule has 0 N–H and O–H groups in total. The molecule has 3 atom stereocenters. The summed E-state index contributed by atoms with van der Waals surface area (Å²) in [4.78, 5) is 19.8. The average molecular weight is 406 g/mol. The Labute approximate surface area is 161 Å². The largest absolute Gasteiger partial charge is 0.408 e. The average Bonchev–Trinajstić information content (AvgIpc) is 2.61. The first kappa shape index (κ1) is 20.9. The molecule has 1 aromatic rings. The number of anilines is 2. The van der Waals surface area contributed by atoms with Gasteiger partial charge in [-0.3, -0.25) is 9.36 Å². The van der Waals surface area contributed by atoms with Gasteiger partial charge in [-0.25, -0.2) is 4.39 Å². The minimum atomic E-state index is -4.54. The van der Waals surface area contributed by atoms with E-state index in [0.717, 1.165) is 4.90 Å². The summed E-state index contributed by atoms with van der Waals surface area (Å²) in [5.74, 6) is -0.253. The summed E-state index contributed by atoms with van der Waals surface area (Å²) in [6.45, 7) is 5.93. The van der Waals surface area contributed by atoms with Crippen LogP contribution in [0.4, 0.5) is 29.3 Å². The fourth-order valence-corrected chi connectivity index (χ4v) is 3.62. The van der Waals surface area contributed by atoms with Crippen LogP contribution in [0.15, 0.2) is 10.9 Å². The monoisotopic (exact) mass is 406 g/mol. The Bertz CT molecular complexity index is 752. The third-order valence-electron chi connectivity index (χ3n) is 5.37. The molecular formula is C18H26F4N4O2. The molecule has 2 unspecified atom stereocenters. The Hall–Kier alpha value is -1.84. The highest BCUT2D eigenvalue weighted by molar-refractivity contribution is 5.47. The molecule has 3 heterocycles. The maximum absolute atomic E-state index is 14.4. The van der Waals surface area contributed by atoms with Gasteiger partial charge in [0.15, 0.2) is 0 Å². The van der Waals surface area contributed by atoms with E-state index in [-0.39, 0.29) is 25.0 Å². The van der Waals surface area contributed by atoms with Gasteiger partial charge in [-0.05, 0) is 19.3 Å². The lowest BCUT2D eigenvalue weighted by Gasteiger charge is -2.41. The number of alkyl halides is 4. The Morgan fingerprint density at radius 2 is 2.04 bits per heavy atom. The molecule has 1 fully saturated rings. The van der Waals surface area contributed by atoms with Crippen LogP contribution < -0.4 is 15.4 Å². The van der Waals surface area contributed by atoms with Gasteiger partial charge in [0, 0.05) is 19.2 Å². The van der Waals surface area contributed by atoms with Gasteiger partial charge in [0.2, 0.25) is 5.95 Å². The normalized spacial score (nSPS) is 24.4. The van der Waals surface area contributed by atoms with Crippen molar-refractivity contribution in [3.05, 3.63) is 16.4 Å². The molecule has 1 saturated heterocycles. The molecular weight excluding hydrogens is 380 g/mol. The van der Waals surface area contributed by atoms with E-state index in [9.17, 15) is 22.4 Å². The number of hydrogen-bond acceptors (Lipinski definition) is 5. The minimum Gasteiger partial charge on any atom is -0.377 e. The highest BCUT2D eigenvalue weighted by Crippen LogP contribution is 2.35. The van der Waals surface area contributed by atoms with E-state index in [1.165, 1.54) is 10.6 Å². The summed E-state index contributed by atoms with van der Waals surface area (Å²) in [6, 6.07) is -0.593. The van der Waals surface area contributed by atoms with E-state index in [1.54, 1.807) is 13.8 Å². The second kappa shape index (κ2) is 7.88. The number of rotatable bonds is 4. The van der Waals surface area contributed by atoms with Crippen LogP contribution in [0, 0.1) is 5.92 Å². The van der Waals surface area contributed by atoms with Crippen LogP contribution in [0.2, 0.25) is 0 Å². The van der Waals surface area contributed by atoms with Gasteiger partial charge < -0.3 is 14.5 Å². The van der Waals surface area contributed by atoms with Crippen molar-refractivity contribution >= 4 is 11.8 Å². The molecule has 3 rings (SSSR count). The first-order chi connectivity index (χ1) is 13.1. The number of fused-ring (bicyclic) bond motifs is 1. The van der Waals surface area contributed by atoms with Gasteiger partial charge in [0.25, 0.3) is 5.56 Å². The summed E-state index contributed by atoms with van der Waals surface area (Å²) in [5, 5.41) is 0. The van der Waals surface area contributed by atoms with E-state index in [2.05, 4.69) is 4.98 Å². The Kier molecular flexibility index (Phi) is 5.88. The standard InChI is InChI=1S/C18H26F4N4O2/c1-11(2)13(19)9-26-14(18(20,21)22)4-5-25-16(27)8-15(23-17(25)26)24-6-7-28-10-12(24)3/h8,11-14H,4-7,9-10H2,1-3H3/t12-,13?,14?/m1/s1. The van der Waals surface area contributed by atoms with Crippen LogP contribution in [0.25, 0.3) is 0 Å². The molecule has 0 saturated carbocycles. The first-order valence-electron chi connectivity index (χ1n) is 9.53. The van der Waals surface area contributed by atoms with Gasteiger partial charge in [-0.1, -0.05) is 13.8 Å². The van der Waals surface area contributed by atoms with Crippen molar-refractivity contribution in [3.8, 4) is 0 Å². The van der Waals surface area contributed by atoms with Crippen molar-refractivity contribution < 1.29 is 22.3 Å². The molecule has 0 aliphatic carbocycles.